The SMILES string of the molecule is C=C(C(N)=O)C1CC(C)(Oc2nc(-c3cnn(C)c3)cn3nccc23)C1. The Hall–Kier alpha value is -3.16. The second-order valence-electron chi connectivity index (χ2n) is 7.04. The van der Waals surface area contributed by atoms with E-state index in [1.54, 1.807) is 21.6 Å². The molecule has 0 unspecified atom stereocenters. The molecule has 0 aliphatic heterocycles. The molecule has 0 aromatic carbocycles. The lowest BCUT2D eigenvalue weighted by atomic mass is 9.68. The van der Waals surface area contributed by atoms with Crippen LogP contribution in [0.1, 0.15) is 19.8 Å². The Bertz CT molecular complexity index is 1010. The van der Waals surface area contributed by atoms with Crippen molar-refractivity contribution >= 4 is 11.4 Å². The molecule has 2 N–H and O–H groups in total. The van der Waals surface area contributed by atoms with E-state index in [-0.39, 0.29) is 5.92 Å². The summed E-state index contributed by atoms with van der Waals surface area (Å²) in [6, 6.07) is 1.86. The summed E-state index contributed by atoms with van der Waals surface area (Å²) in [5.41, 5.74) is 7.76. The van der Waals surface area contributed by atoms with Crippen LogP contribution < -0.4 is 10.5 Å². The quantitative estimate of drug-likeness (QED) is 0.705. The van der Waals surface area contributed by atoms with E-state index in [4.69, 9.17) is 10.5 Å². The van der Waals surface area contributed by atoms with Crippen LogP contribution in [0.15, 0.2) is 43.0 Å². The molecular formula is C18H20N6O2. The van der Waals surface area contributed by atoms with Crippen LogP contribution in [0.2, 0.25) is 0 Å². The molecule has 8 heteroatoms. The predicted octanol–water partition coefficient (Wildman–Crippen LogP) is 1.72. The van der Waals surface area contributed by atoms with Gasteiger partial charge in [-0.3, -0.25) is 9.48 Å². The van der Waals surface area contributed by atoms with Crippen LogP contribution in [0.5, 0.6) is 5.88 Å². The number of primary amides is 1. The third kappa shape index (κ3) is 2.73. The van der Waals surface area contributed by atoms with Crippen molar-refractivity contribution in [1.82, 2.24) is 24.4 Å². The van der Waals surface area contributed by atoms with Gasteiger partial charge in [0.1, 0.15) is 11.1 Å². The standard InChI is InChI=1S/C18H20N6O2/c1-11(16(19)25)12-6-18(2,7-12)26-17-15-4-5-20-24(15)10-14(22-17)13-8-21-23(3)9-13/h4-5,8-10,12H,1,6-7H2,2-3H3,(H2,19,25). The molecule has 134 valence electrons. The molecule has 0 saturated heterocycles. The molecule has 8 nitrogen and oxygen atoms in total. The number of nitrogens with two attached hydrogens (primary N) is 1. The number of carbonyl (C=O) groups is 1. The lowest BCUT2D eigenvalue weighted by Crippen LogP contribution is -2.48. The molecule has 1 amide bonds. The first-order valence-electron chi connectivity index (χ1n) is 8.36. The number of aryl methyl sites for hydroxylation is 1. The molecule has 26 heavy (non-hydrogen) atoms. The van der Waals surface area contributed by atoms with E-state index in [2.05, 4.69) is 21.8 Å². The minimum atomic E-state index is -0.452. The van der Waals surface area contributed by atoms with Crippen LogP contribution in [0, 0.1) is 5.92 Å². The maximum atomic E-state index is 11.3. The van der Waals surface area contributed by atoms with E-state index < -0.39 is 11.5 Å². The minimum absolute atomic E-state index is 0.0555. The molecule has 3 heterocycles. The van der Waals surface area contributed by atoms with Crippen LogP contribution >= 0.6 is 0 Å². The Kier molecular flexibility index (Phi) is 3.57. The van der Waals surface area contributed by atoms with Gasteiger partial charge in [-0.2, -0.15) is 10.2 Å². The van der Waals surface area contributed by atoms with Gasteiger partial charge >= 0.3 is 0 Å². The zero-order valence-corrected chi connectivity index (χ0v) is 14.7. The summed E-state index contributed by atoms with van der Waals surface area (Å²) in [7, 11) is 1.86. The number of nitrogens with zero attached hydrogens (tertiary/aromatic N) is 5. The lowest BCUT2D eigenvalue weighted by molar-refractivity contribution is -0.116. The third-order valence-electron chi connectivity index (χ3n) is 4.87. The van der Waals surface area contributed by atoms with Crippen LogP contribution in [0.25, 0.3) is 16.8 Å². The van der Waals surface area contributed by atoms with Crippen molar-refractivity contribution in [2.45, 2.75) is 25.4 Å². The molecule has 3 aromatic rings. The van der Waals surface area contributed by atoms with Crippen LogP contribution in [-0.4, -0.2) is 35.9 Å². The largest absolute Gasteiger partial charge is 0.470 e. The van der Waals surface area contributed by atoms with Gasteiger partial charge in [0.05, 0.1) is 24.3 Å². The molecule has 1 aliphatic carbocycles. The minimum Gasteiger partial charge on any atom is -0.470 e. The summed E-state index contributed by atoms with van der Waals surface area (Å²) in [4.78, 5) is 16.0. The van der Waals surface area contributed by atoms with Crippen molar-refractivity contribution in [3.8, 4) is 17.1 Å². The topological polar surface area (TPSA) is 100 Å². The number of hydrogen-bond acceptors (Lipinski definition) is 5. The van der Waals surface area contributed by atoms with E-state index in [1.807, 2.05) is 32.4 Å². The molecule has 0 spiro atoms. The number of carbonyl (C=O) groups excluding carboxylic acids is 1. The highest BCUT2D eigenvalue weighted by atomic mass is 16.5. The summed E-state index contributed by atoms with van der Waals surface area (Å²) in [5, 5.41) is 8.50. The van der Waals surface area contributed by atoms with Crippen LogP contribution in [-0.2, 0) is 11.8 Å². The maximum absolute atomic E-state index is 11.3. The van der Waals surface area contributed by atoms with Crippen LogP contribution in [0.3, 0.4) is 0 Å². The first-order valence-corrected chi connectivity index (χ1v) is 8.36. The molecule has 0 atom stereocenters. The molecule has 0 bridgehead atoms. The Morgan fingerprint density at radius 3 is 2.81 bits per heavy atom. The third-order valence-corrected chi connectivity index (χ3v) is 4.87. The molecule has 0 radical (unpaired) electrons. The number of aromatic nitrogens is 5. The van der Waals surface area contributed by atoms with Gasteiger partial charge in [-0.05, 0) is 31.7 Å². The van der Waals surface area contributed by atoms with Gasteiger partial charge in [0.15, 0.2) is 0 Å². The smallest absolute Gasteiger partial charge is 0.244 e. The van der Waals surface area contributed by atoms with Crippen molar-refractivity contribution in [1.29, 1.82) is 0 Å². The fourth-order valence-corrected chi connectivity index (χ4v) is 3.41. The monoisotopic (exact) mass is 352 g/mol. The predicted molar refractivity (Wildman–Crippen MR) is 95.3 cm³/mol. The number of amides is 1. The molecular weight excluding hydrogens is 332 g/mol. The van der Waals surface area contributed by atoms with Gasteiger partial charge in [0.2, 0.25) is 11.8 Å². The van der Waals surface area contributed by atoms with Gasteiger partial charge in [-0.1, -0.05) is 6.58 Å². The summed E-state index contributed by atoms with van der Waals surface area (Å²) >= 11 is 0. The van der Waals surface area contributed by atoms with E-state index in [0.29, 0.717) is 24.3 Å². The number of rotatable bonds is 5. The van der Waals surface area contributed by atoms with Crippen molar-refractivity contribution in [2.75, 3.05) is 0 Å². The second kappa shape index (κ2) is 5.69. The van der Waals surface area contributed by atoms with Gasteiger partial charge in [0, 0.05) is 24.4 Å². The highest BCUT2D eigenvalue weighted by Gasteiger charge is 2.45. The number of fused-ring (bicyclic) bond motifs is 1. The normalized spacial score (nSPS) is 22.2. The summed E-state index contributed by atoms with van der Waals surface area (Å²) in [5.74, 6) is 0.112. The molecule has 1 fully saturated rings. The maximum Gasteiger partial charge on any atom is 0.244 e. The average molecular weight is 352 g/mol. The van der Waals surface area contributed by atoms with Crippen molar-refractivity contribution in [3.63, 3.8) is 0 Å². The van der Waals surface area contributed by atoms with Gasteiger partial charge in [0.25, 0.3) is 0 Å². The zero-order valence-electron chi connectivity index (χ0n) is 14.7. The fraction of sp³-hybridized carbons (Fsp3) is 0.333. The van der Waals surface area contributed by atoms with Gasteiger partial charge in [-0.25, -0.2) is 9.50 Å². The highest BCUT2D eigenvalue weighted by Crippen LogP contribution is 2.44. The van der Waals surface area contributed by atoms with Gasteiger partial charge in [-0.15, -0.1) is 0 Å². The first kappa shape index (κ1) is 16.3. The Morgan fingerprint density at radius 2 is 2.15 bits per heavy atom. The van der Waals surface area contributed by atoms with Crippen molar-refractivity contribution in [3.05, 3.63) is 43.0 Å². The van der Waals surface area contributed by atoms with Gasteiger partial charge < -0.3 is 10.5 Å². The molecule has 4 rings (SSSR count). The molecule has 1 aliphatic rings. The summed E-state index contributed by atoms with van der Waals surface area (Å²) in [6.45, 7) is 5.78. The fourth-order valence-electron chi connectivity index (χ4n) is 3.41. The van der Waals surface area contributed by atoms with Crippen LogP contribution in [0.4, 0.5) is 0 Å². The first-order chi connectivity index (χ1) is 12.3. The van der Waals surface area contributed by atoms with Crippen molar-refractivity contribution in [2.24, 2.45) is 18.7 Å². The Labute approximate surface area is 150 Å². The van der Waals surface area contributed by atoms with E-state index in [9.17, 15) is 4.79 Å². The molecule has 3 aromatic heterocycles. The zero-order chi connectivity index (χ0) is 18.5. The molecule has 1 saturated carbocycles. The number of ether oxygens (including phenoxy) is 1. The van der Waals surface area contributed by atoms with E-state index in [0.717, 1.165) is 16.8 Å². The summed E-state index contributed by atoms with van der Waals surface area (Å²) < 4.78 is 9.71. The van der Waals surface area contributed by atoms with E-state index in [1.165, 1.54) is 0 Å². The number of hydrogen-bond donors (Lipinski definition) is 1. The van der Waals surface area contributed by atoms with E-state index >= 15 is 0 Å². The second-order valence-corrected chi connectivity index (χ2v) is 7.04. The average Bonchev–Trinajstić information content (AvgIpc) is 3.20. The highest BCUT2D eigenvalue weighted by molar-refractivity contribution is 5.92. The Balaban J connectivity index is 1.63. The summed E-state index contributed by atoms with van der Waals surface area (Å²) in [6.07, 6.45) is 8.54. The van der Waals surface area contributed by atoms with Crippen molar-refractivity contribution < 1.29 is 9.53 Å². The lowest BCUT2D eigenvalue weighted by Gasteiger charge is -2.44. The Morgan fingerprint density at radius 1 is 1.38 bits per heavy atom.